The van der Waals surface area contributed by atoms with Crippen LogP contribution in [-0.2, 0) is 0 Å². The maximum absolute atomic E-state index is 11.8. The predicted molar refractivity (Wildman–Crippen MR) is 65.5 cm³/mol. The van der Waals surface area contributed by atoms with Crippen molar-refractivity contribution < 1.29 is 9.53 Å². The lowest BCUT2D eigenvalue weighted by atomic mass is 10.1. The van der Waals surface area contributed by atoms with E-state index in [9.17, 15) is 4.79 Å². The summed E-state index contributed by atoms with van der Waals surface area (Å²) in [6.45, 7) is 0.739. The van der Waals surface area contributed by atoms with Gasteiger partial charge in [0.25, 0.3) is 0 Å². The number of hydrogen-bond donors (Lipinski definition) is 0. The number of hydrogen-bond acceptors (Lipinski definition) is 3. The number of carbonyl (C=O) groups excluding carboxylic acids is 1. The summed E-state index contributed by atoms with van der Waals surface area (Å²) >= 11 is 5.95. The van der Waals surface area contributed by atoms with E-state index in [0.29, 0.717) is 22.8 Å². The van der Waals surface area contributed by atoms with Crippen LogP contribution in [0.5, 0.6) is 5.75 Å². The van der Waals surface area contributed by atoms with Crippen LogP contribution in [0.4, 0.5) is 0 Å². The van der Waals surface area contributed by atoms with E-state index >= 15 is 0 Å². The highest BCUT2D eigenvalue weighted by molar-refractivity contribution is 6.32. The summed E-state index contributed by atoms with van der Waals surface area (Å²) in [5, 5.41) is 0.471. The molecular formula is C12H16ClNO2. The van der Waals surface area contributed by atoms with Gasteiger partial charge in [0.05, 0.1) is 12.1 Å². The van der Waals surface area contributed by atoms with E-state index in [-0.39, 0.29) is 5.78 Å². The van der Waals surface area contributed by atoms with Gasteiger partial charge < -0.3 is 9.64 Å². The average Bonchev–Trinajstić information content (AvgIpc) is 2.25. The van der Waals surface area contributed by atoms with Crippen LogP contribution in [0.3, 0.4) is 0 Å². The maximum atomic E-state index is 11.8. The first-order valence-electron chi connectivity index (χ1n) is 5.06. The molecule has 0 atom stereocenters. The Labute approximate surface area is 101 Å². The van der Waals surface area contributed by atoms with Crippen LogP contribution in [0.2, 0.25) is 5.02 Å². The molecule has 0 radical (unpaired) electrons. The molecule has 1 aromatic rings. The highest BCUT2D eigenvalue weighted by Gasteiger charge is 2.09. The fourth-order valence-electron chi connectivity index (χ4n) is 1.31. The van der Waals surface area contributed by atoms with E-state index in [2.05, 4.69) is 0 Å². The Morgan fingerprint density at radius 1 is 1.44 bits per heavy atom. The predicted octanol–water partition coefficient (Wildman–Crippen LogP) is 2.48. The van der Waals surface area contributed by atoms with E-state index in [1.54, 1.807) is 25.3 Å². The second-order valence-corrected chi connectivity index (χ2v) is 4.23. The van der Waals surface area contributed by atoms with E-state index < -0.39 is 0 Å². The number of ether oxygens (including phenoxy) is 1. The fourth-order valence-corrected chi connectivity index (χ4v) is 1.57. The van der Waals surface area contributed by atoms with E-state index in [1.165, 1.54) is 0 Å². The lowest BCUT2D eigenvalue weighted by Gasteiger charge is -2.09. The summed E-state index contributed by atoms with van der Waals surface area (Å²) in [6, 6.07) is 5.10. The first kappa shape index (κ1) is 13.0. The smallest absolute Gasteiger partial charge is 0.164 e. The van der Waals surface area contributed by atoms with Crippen LogP contribution in [0.25, 0.3) is 0 Å². The maximum Gasteiger partial charge on any atom is 0.164 e. The number of carbonyl (C=O) groups is 1. The lowest BCUT2D eigenvalue weighted by molar-refractivity contribution is 0.0972. The third-order valence-corrected chi connectivity index (χ3v) is 2.56. The van der Waals surface area contributed by atoms with Crippen LogP contribution in [-0.4, -0.2) is 38.4 Å². The van der Waals surface area contributed by atoms with Crippen LogP contribution in [0.15, 0.2) is 18.2 Å². The van der Waals surface area contributed by atoms with Crippen LogP contribution in [0.1, 0.15) is 16.8 Å². The molecule has 0 spiro atoms. The Balaban J connectivity index is 2.73. The van der Waals surface area contributed by atoms with Gasteiger partial charge in [0.15, 0.2) is 5.78 Å². The normalized spacial score (nSPS) is 10.6. The number of rotatable bonds is 5. The molecule has 0 aliphatic rings. The summed E-state index contributed by atoms with van der Waals surface area (Å²) in [5.74, 6) is 0.684. The Morgan fingerprint density at radius 3 is 2.62 bits per heavy atom. The SMILES string of the molecule is COc1ccc(C(=O)CCN(C)C)cc1Cl. The van der Waals surface area contributed by atoms with Gasteiger partial charge in [-0.15, -0.1) is 0 Å². The van der Waals surface area contributed by atoms with E-state index in [1.807, 2.05) is 19.0 Å². The van der Waals surface area contributed by atoms with Gasteiger partial charge in [-0.1, -0.05) is 11.6 Å². The van der Waals surface area contributed by atoms with Crippen molar-refractivity contribution in [3.8, 4) is 5.75 Å². The minimum absolute atomic E-state index is 0.0956. The molecule has 0 saturated carbocycles. The molecular weight excluding hydrogens is 226 g/mol. The summed E-state index contributed by atoms with van der Waals surface area (Å²) < 4.78 is 5.03. The van der Waals surface area contributed by atoms with Gasteiger partial charge in [0.2, 0.25) is 0 Å². The molecule has 1 rings (SSSR count). The fraction of sp³-hybridized carbons (Fsp3) is 0.417. The molecule has 0 bridgehead atoms. The van der Waals surface area contributed by atoms with Gasteiger partial charge in [0, 0.05) is 18.5 Å². The van der Waals surface area contributed by atoms with Gasteiger partial charge in [-0.3, -0.25) is 4.79 Å². The van der Waals surface area contributed by atoms with Crippen molar-refractivity contribution >= 4 is 17.4 Å². The third-order valence-electron chi connectivity index (χ3n) is 2.26. The molecule has 3 nitrogen and oxygen atoms in total. The molecule has 88 valence electrons. The van der Waals surface area contributed by atoms with Crippen molar-refractivity contribution in [3.05, 3.63) is 28.8 Å². The van der Waals surface area contributed by atoms with Crippen molar-refractivity contribution in [2.75, 3.05) is 27.7 Å². The standard InChI is InChI=1S/C12H16ClNO2/c1-14(2)7-6-11(15)9-4-5-12(16-3)10(13)8-9/h4-5,8H,6-7H2,1-3H3. The molecule has 0 aliphatic heterocycles. The van der Waals surface area contributed by atoms with Gasteiger partial charge in [-0.2, -0.15) is 0 Å². The second kappa shape index (κ2) is 5.87. The zero-order valence-corrected chi connectivity index (χ0v) is 10.5. The molecule has 0 aromatic heterocycles. The number of benzene rings is 1. The number of Topliss-reactive ketones (excluding diaryl/α,β-unsaturated/α-hetero) is 1. The summed E-state index contributed by atoms with van der Waals surface area (Å²) in [7, 11) is 5.43. The summed E-state index contributed by atoms with van der Waals surface area (Å²) in [4.78, 5) is 13.8. The van der Waals surface area contributed by atoms with Crippen molar-refractivity contribution in [1.82, 2.24) is 4.90 Å². The molecule has 0 N–H and O–H groups in total. The minimum atomic E-state index is 0.0956. The lowest BCUT2D eigenvalue weighted by Crippen LogP contribution is -2.16. The highest BCUT2D eigenvalue weighted by Crippen LogP contribution is 2.25. The Kier molecular flexibility index (Phi) is 4.77. The van der Waals surface area contributed by atoms with Crippen molar-refractivity contribution in [3.63, 3.8) is 0 Å². The summed E-state index contributed by atoms with van der Waals surface area (Å²) in [6.07, 6.45) is 0.496. The number of methoxy groups -OCH3 is 1. The Hall–Kier alpha value is -1.06. The van der Waals surface area contributed by atoms with Gasteiger partial charge >= 0.3 is 0 Å². The molecule has 0 heterocycles. The Bertz CT molecular complexity index is 377. The zero-order valence-electron chi connectivity index (χ0n) is 9.79. The average molecular weight is 242 g/mol. The first-order valence-corrected chi connectivity index (χ1v) is 5.44. The first-order chi connectivity index (χ1) is 7.54. The number of halogens is 1. The van der Waals surface area contributed by atoms with Crippen molar-refractivity contribution in [2.45, 2.75) is 6.42 Å². The van der Waals surface area contributed by atoms with Crippen LogP contribution in [0, 0.1) is 0 Å². The van der Waals surface area contributed by atoms with Crippen molar-refractivity contribution in [1.29, 1.82) is 0 Å². The van der Waals surface area contributed by atoms with Gasteiger partial charge in [0.1, 0.15) is 5.75 Å². The topological polar surface area (TPSA) is 29.5 Å². The highest BCUT2D eigenvalue weighted by atomic mass is 35.5. The zero-order chi connectivity index (χ0) is 12.1. The molecule has 0 fully saturated rings. The molecule has 0 aliphatic carbocycles. The molecule has 4 heteroatoms. The molecule has 16 heavy (non-hydrogen) atoms. The summed E-state index contributed by atoms with van der Waals surface area (Å²) in [5.41, 5.74) is 0.632. The molecule has 1 aromatic carbocycles. The van der Waals surface area contributed by atoms with E-state index in [4.69, 9.17) is 16.3 Å². The molecule has 0 saturated heterocycles. The number of nitrogens with zero attached hydrogens (tertiary/aromatic N) is 1. The minimum Gasteiger partial charge on any atom is -0.495 e. The third kappa shape index (κ3) is 3.51. The molecule has 0 unspecified atom stereocenters. The Morgan fingerprint density at radius 2 is 2.12 bits per heavy atom. The van der Waals surface area contributed by atoms with Gasteiger partial charge in [-0.05, 0) is 32.3 Å². The van der Waals surface area contributed by atoms with E-state index in [0.717, 1.165) is 6.54 Å². The molecule has 0 amide bonds. The van der Waals surface area contributed by atoms with Crippen molar-refractivity contribution in [2.24, 2.45) is 0 Å². The monoisotopic (exact) mass is 241 g/mol. The number of ketones is 1. The largest absolute Gasteiger partial charge is 0.495 e. The second-order valence-electron chi connectivity index (χ2n) is 3.83. The van der Waals surface area contributed by atoms with Crippen LogP contribution < -0.4 is 4.74 Å². The van der Waals surface area contributed by atoms with Gasteiger partial charge in [-0.25, -0.2) is 0 Å². The quantitative estimate of drug-likeness (QED) is 0.742. The van der Waals surface area contributed by atoms with Crippen LogP contribution >= 0.6 is 11.6 Å².